The average molecular weight is 247 g/mol. The Hall–Kier alpha value is -2.24. The first kappa shape index (κ1) is 12.2. The number of nitrogen functional groups attached to an aromatic ring is 1. The number of anilines is 3. The summed E-state index contributed by atoms with van der Waals surface area (Å²) in [5.74, 6) is 2.46. The van der Waals surface area contributed by atoms with Crippen LogP contribution in [0.4, 0.5) is 17.6 Å². The fraction of sp³-hybridized carbons (Fsp3) is 0.333. The van der Waals surface area contributed by atoms with E-state index >= 15 is 0 Å². The molecule has 0 aliphatic heterocycles. The van der Waals surface area contributed by atoms with Crippen LogP contribution in [0.25, 0.3) is 0 Å². The monoisotopic (exact) mass is 247 g/mol. The van der Waals surface area contributed by atoms with Gasteiger partial charge in [0.15, 0.2) is 0 Å². The lowest BCUT2D eigenvalue weighted by molar-refractivity contribution is 0.490. The highest BCUT2D eigenvalue weighted by molar-refractivity contribution is 5.51. The van der Waals surface area contributed by atoms with Crippen LogP contribution in [0.3, 0.4) is 0 Å². The number of rotatable bonds is 5. The van der Waals surface area contributed by atoms with Gasteiger partial charge in [-0.1, -0.05) is 0 Å². The van der Waals surface area contributed by atoms with Crippen molar-refractivity contribution < 1.29 is 4.42 Å². The first-order valence-corrected chi connectivity index (χ1v) is 5.87. The van der Waals surface area contributed by atoms with E-state index in [4.69, 9.17) is 10.2 Å². The smallest absolute Gasteiger partial charge is 0.223 e. The molecule has 0 saturated carbocycles. The van der Waals surface area contributed by atoms with E-state index in [1.54, 1.807) is 6.26 Å². The molecule has 2 heterocycles. The van der Waals surface area contributed by atoms with Gasteiger partial charge in [0.25, 0.3) is 0 Å². The number of nitrogens with one attached hydrogen (secondary N) is 2. The van der Waals surface area contributed by atoms with Crippen molar-refractivity contribution in [1.82, 2.24) is 9.97 Å². The molecule has 0 radical (unpaired) electrons. The van der Waals surface area contributed by atoms with E-state index in [-0.39, 0.29) is 12.0 Å². The lowest BCUT2D eigenvalue weighted by Crippen LogP contribution is -2.10. The van der Waals surface area contributed by atoms with Crippen LogP contribution in [0.15, 0.2) is 28.9 Å². The average Bonchev–Trinajstić information content (AvgIpc) is 2.81. The Bertz CT molecular complexity index is 497. The van der Waals surface area contributed by atoms with Gasteiger partial charge in [-0.15, -0.1) is 0 Å². The minimum atomic E-state index is 0.0174. The SMILES string of the molecule is CCNc1cc(NC(C)c2ccco2)nc(N)n1. The molecule has 4 N–H and O–H groups in total. The van der Waals surface area contributed by atoms with Gasteiger partial charge in [-0.3, -0.25) is 0 Å². The Labute approximate surface area is 106 Å². The molecule has 6 nitrogen and oxygen atoms in total. The van der Waals surface area contributed by atoms with Gasteiger partial charge >= 0.3 is 0 Å². The molecule has 0 saturated heterocycles. The molecule has 0 aliphatic carbocycles. The highest BCUT2D eigenvalue weighted by atomic mass is 16.3. The number of hydrogen-bond acceptors (Lipinski definition) is 6. The molecule has 18 heavy (non-hydrogen) atoms. The molecule has 0 spiro atoms. The second-order valence-corrected chi connectivity index (χ2v) is 3.91. The Morgan fingerprint density at radius 3 is 2.83 bits per heavy atom. The fourth-order valence-corrected chi connectivity index (χ4v) is 1.64. The molecule has 1 atom stereocenters. The second-order valence-electron chi connectivity index (χ2n) is 3.91. The number of aromatic nitrogens is 2. The Morgan fingerprint density at radius 1 is 1.39 bits per heavy atom. The minimum absolute atomic E-state index is 0.0174. The van der Waals surface area contributed by atoms with Crippen LogP contribution in [0.2, 0.25) is 0 Å². The zero-order chi connectivity index (χ0) is 13.0. The maximum Gasteiger partial charge on any atom is 0.223 e. The fourth-order valence-electron chi connectivity index (χ4n) is 1.64. The van der Waals surface area contributed by atoms with Crippen molar-refractivity contribution in [2.24, 2.45) is 0 Å². The summed E-state index contributed by atoms with van der Waals surface area (Å²) in [5, 5.41) is 6.32. The maximum atomic E-state index is 5.66. The largest absolute Gasteiger partial charge is 0.467 e. The Kier molecular flexibility index (Phi) is 3.66. The lowest BCUT2D eigenvalue weighted by atomic mass is 10.2. The minimum Gasteiger partial charge on any atom is -0.467 e. The van der Waals surface area contributed by atoms with Crippen LogP contribution in [0, 0.1) is 0 Å². The van der Waals surface area contributed by atoms with E-state index in [9.17, 15) is 0 Å². The summed E-state index contributed by atoms with van der Waals surface area (Å²) >= 11 is 0. The molecule has 2 rings (SSSR count). The quantitative estimate of drug-likeness (QED) is 0.751. The summed E-state index contributed by atoms with van der Waals surface area (Å²) in [6, 6.07) is 5.60. The summed E-state index contributed by atoms with van der Waals surface area (Å²) in [7, 11) is 0. The van der Waals surface area contributed by atoms with Gasteiger partial charge in [0, 0.05) is 12.6 Å². The number of hydrogen-bond donors (Lipinski definition) is 3. The third-order valence-electron chi connectivity index (χ3n) is 2.44. The van der Waals surface area contributed by atoms with Crippen LogP contribution >= 0.6 is 0 Å². The van der Waals surface area contributed by atoms with Gasteiger partial charge in [0.05, 0.1) is 12.3 Å². The van der Waals surface area contributed by atoms with Crippen molar-refractivity contribution in [2.75, 3.05) is 22.9 Å². The second kappa shape index (κ2) is 5.39. The molecule has 0 aromatic carbocycles. The number of furan rings is 1. The molecule has 0 fully saturated rings. The molecule has 0 bridgehead atoms. The number of nitrogens with zero attached hydrogens (tertiary/aromatic N) is 2. The topological polar surface area (TPSA) is 89.0 Å². The van der Waals surface area contributed by atoms with Crippen molar-refractivity contribution in [3.05, 3.63) is 30.2 Å². The number of nitrogens with two attached hydrogens (primary N) is 1. The predicted octanol–water partition coefficient (Wildman–Crippen LogP) is 2.26. The van der Waals surface area contributed by atoms with Gasteiger partial charge in [-0.05, 0) is 26.0 Å². The molecule has 2 aromatic heterocycles. The molecule has 0 aliphatic rings. The third-order valence-corrected chi connectivity index (χ3v) is 2.44. The predicted molar refractivity (Wildman–Crippen MR) is 71.4 cm³/mol. The van der Waals surface area contributed by atoms with Gasteiger partial charge < -0.3 is 20.8 Å². The molecule has 2 aromatic rings. The van der Waals surface area contributed by atoms with Crippen molar-refractivity contribution in [2.45, 2.75) is 19.9 Å². The molecule has 6 heteroatoms. The molecular formula is C12H17N5O. The van der Waals surface area contributed by atoms with Crippen LogP contribution in [0.5, 0.6) is 0 Å². The van der Waals surface area contributed by atoms with E-state index in [1.165, 1.54) is 0 Å². The van der Waals surface area contributed by atoms with E-state index in [0.29, 0.717) is 11.6 Å². The summed E-state index contributed by atoms with van der Waals surface area (Å²) in [4.78, 5) is 8.23. The van der Waals surface area contributed by atoms with Gasteiger partial charge in [0.1, 0.15) is 17.4 Å². The van der Waals surface area contributed by atoms with Crippen molar-refractivity contribution >= 4 is 17.6 Å². The van der Waals surface area contributed by atoms with Crippen LogP contribution in [-0.4, -0.2) is 16.5 Å². The molecular weight excluding hydrogens is 230 g/mol. The van der Waals surface area contributed by atoms with E-state index in [0.717, 1.165) is 12.3 Å². The summed E-state index contributed by atoms with van der Waals surface area (Å²) in [5.41, 5.74) is 5.66. The summed E-state index contributed by atoms with van der Waals surface area (Å²) in [6.07, 6.45) is 1.64. The Balaban J connectivity index is 2.13. The standard InChI is InChI=1S/C12H17N5O/c1-3-14-10-7-11(17-12(13)16-10)15-8(2)9-5-4-6-18-9/h4-8H,3H2,1-2H3,(H4,13,14,15,16,17). The molecule has 0 amide bonds. The Morgan fingerprint density at radius 2 is 2.17 bits per heavy atom. The van der Waals surface area contributed by atoms with Gasteiger partial charge in [0.2, 0.25) is 5.95 Å². The summed E-state index contributed by atoms with van der Waals surface area (Å²) < 4.78 is 5.32. The zero-order valence-electron chi connectivity index (χ0n) is 10.5. The van der Waals surface area contributed by atoms with E-state index < -0.39 is 0 Å². The first-order valence-electron chi connectivity index (χ1n) is 5.87. The lowest BCUT2D eigenvalue weighted by Gasteiger charge is -2.13. The van der Waals surface area contributed by atoms with Crippen molar-refractivity contribution in [1.29, 1.82) is 0 Å². The zero-order valence-corrected chi connectivity index (χ0v) is 10.5. The van der Waals surface area contributed by atoms with Crippen LogP contribution in [0.1, 0.15) is 25.6 Å². The maximum absolute atomic E-state index is 5.66. The highest BCUT2D eigenvalue weighted by Crippen LogP contribution is 2.20. The van der Waals surface area contributed by atoms with Crippen molar-refractivity contribution in [3.8, 4) is 0 Å². The van der Waals surface area contributed by atoms with E-state index in [1.807, 2.05) is 32.0 Å². The van der Waals surface area contributed by atoms with E-state index in [2.05, 4.69) is 20.6 Å². The van der Waals surface area contributed by atoms with Gasteiger partial charge in [-0.2, -0.15) is 9.97 Å². The first-order chi connectivity index (χ1) is 8.69. The van der Waals surface area contributed by atoms with Crippen LogP contribution < -0.4 is 16.4 Å². The third kappa shape index (κ3) is 2.91. The molecule has 1 unspecified atom stereocenters. The summed E-state index contributed by atoms with van der Waals surface area (Å²) in [6.45, 7) is 4.77. The molecule has 96 valence electrons. The highest BCUT2D eigenvalue weighted by Gasteiger charge is 2.10. The normalized spacial score (nSPS) is 12.1. The van der Waals surface area contributed by atoms with Crippen LogP contribution in [-0.2, 0) is 0 Å². The van der Waals surface area contributed by atoms with Crippen molar-refractivity contribution in [3.63, 3.8) is 0 Å². The van der Waals surface area contributed by atoms with Gasteiger partial charge in [-0.25, -0.2) is 0 Å².